The largest absolute Gasteiger partial charge is 0.492 e. The topological polar surface area (TPSA) is 82.8 Å². The molecule has 0 fully saturated rings. The smallest absolute Gasteiger partial charge is 0.228 e. The average Bonchev–Trinajstić information content (AvgIpc) is 2.62. The number of carbonyl (C=O) groups excluding carboxylic acids is 1. The lowest BCUT2D eigenvalue weighted by Gasteiger charge is -2.09. The third-order valence-electron chi connectivity index (χ3n) is 3.34. The minimum Gasteiger partial charge on any atom is -0.492 e. The summed E-state index contributed by atoms with van der Waals surface area (Å²) in [5.41, 5.74) is 7.00. The maximum atomic E-state index is 12.2. The molecule has 0 unspecified atom stereocenters. The van der Waals surface area contributed by atoms with Gasteiger partial charge >= 0.3 is 0 Å². The van der Waals surface area contributed by atoms with Crippen LogP contribution >= 0.6 is 12.4 Å². The van der Waals surface area contributed by atoms with E-state index in [1.54, 1.807) is 31.4 Å². The van der Waals surface area contributed by atoms with Crippen molar-refractivity contribution in [2.45, 2.75) is 6.42 Å². The van der Waals surface area contributed by atoms with Crippen LogP contribution in [0.3, 0.4) is 0 Å². The summed E-state index contributed by atoms with van der Waals surface area (Å²) < 4.78 is 15.9. The molecule has 7 heteroatoms. The molecule has 0 aliphatic rings. The van der Waals surface area contributed by atoms with Gasteiger partial charge in [0.05, 0.1) is 13.0 Å². The van der Waals surface area contributed by atoms with Gasteiger partial charge in [0.1, 0.15) is 24.7 Å². The standard InChI is InChI=1S/C19H24N2O4.ClH/c1-23-11-12-25-18-4-2-3-15(13-18)14-19(22)21-16-5-7-17(8-6-16)24-10-9-20;/h2-8,13H,9-12,14,20H2,1H3,(H,21,22);1H. The van der Waals surface area contributed by atoms with Crippen molar-refractivity contribution in [2.24, 2.45) is 5.73 Å². The van der Waals surface area contributed by atoms with Crippen LogP contribution in [-0.4, -0.2) is 39.4 Å². The zero-order valence-electron chi connectivity index (χ0n) is 14.8. The maximum Gasteiger partial charge on any atom is 0.228 e. The molecule has 0 saturated carbocycles. The molecule has 0 heterocycles. The second-order valence-corrected chi connectivity index (χ2v) is 5.38. The molecule has 0 aliphatic carbocycles. The van der Waals surface area contributed by atoms with Crippen LogP contribution < -0.4 is 20.5 Å². The van der Waals surface area contributed by atoms with E-state index in [-0.39, 0.29) is 24.7 Å². The number of carbonyl (C=O) groups is 1. The predicted molar refractivity (Wildman–Crippen MR) is 104 cm³/mol. The summed E-state index contributed by atoms with van der Waals surface area (Å²) >= 11 is 0. The van der Waals surface area contributed by atoms with Crippen LogP contribution in [-0.2, 0) is 16.0 Å². The van der Waals surface area contributed by atoms with Gasteiger partial charge in [0.2, 0.25) is 5.91 Å². The highest BCUT2D eigenvalue weighted by Gasteiger charge is 2.06. The van der Waals surface area contributed by atoms with Gasteiger partial charge in [-0.3, -0.25) is 4.79 Å². The second kappa shape index (κ2) is 12.1. The van der Waals surface area contributed by atoms with Crippen LogP contribution in [0.5, 0.6) is 11.5 Å². The molecule has 2 aromatic carbocycles. The lowest BCUT2D eigenvalue weighted by molar-refractivity contribution is -0.115. The number of amides is 1. The van der Waals surface area contributed by atoms with Crippen LogP contribution in [0, 0.1) is 0 Å². The Bertz CT molecular complexity index is 665. The van der Waals surface area contributed by atoms with Crippen LogP contribution in [0.2, 0.25) is 0 Å². The Balaban J connectivity index is 0.00000338. The molecule has 2 rings (SSSR count). The SMILES string of the molecule is COCCOc1cccc(CC(=O)Nc2ccc(OCCN)cc2)c1.Cl. The summed E-state index contributed by atoms with van der Waals surface area (Å²) in [4.78, 5) is 12.2. The molecule has 2 aromatic rings. The van der Waals surface area contributed by atoms with Crippen LogP contribution in [0.1, 0.15) is 5.56 Å². The molecule has 0 radical (unpaired) electrons. The van der Waals surface area contributed by atoms with Crippen molar-refractivity contribution in [3.05, 3.63) is 54.1 Å². The molecule has 0 saturated heterocycles. The highest BCUT2D eigenvalue weighted by molar-refractivity contribution is 5.92. The second-order valence-electron chi connectivity index (χ2n) is 5.38. The van der Waals surface area contributed by atoms with Gasteiger partial charge in [-0.2, -0.15) is 0 Å². The average molecular weight is 381 g/mol. The number of halogens is 1. The van der Waals surface area contributed by atoms with E-state index in [1.165, 1.54) is 0 Å². The van der Waals surface area contributed by atoms with Gasteiger partial charge in [-0.1, -0.05) is 12.1 Å². The van der Waals surface area contributed by atoms with Crippen molar-refractivity contribution in [3.8, 4) is 11.5 Å². The van der Waals surface area contributed by atoms with Crippen LogP contribution in [0.15, 0.2) is 48.5 Å². The minimum absolute atomic E-state index is 0. The summed E-state index contributed by atoms with van der Waals surface area (Å²) in [6, 6.07) is 14.7. The number of nitrogens with one attached hydrogen (secondary N) is 1. The molecule has 0 spiro atoms. The van der Waals surface area contributed by atoms with Crippen LogP contribution in [0.4, 0.5) is 5.69 Å². The fraction of sp³-hybridized carbons (Fsp3) is 0.316. The van der Waals surface area contributed by atoms with Gasteiger partial charge in [0.25, 0.3) is 0 Å². The van der Waals surface area contributed by atoms with E-state index in [1.807, 2.05) is 24.3 Å². The molecule has 6 nitrogen and oxygen atoms in total. The molecule has 142 valence electrons. The van der Waals surface area contributed by atoms with E-state index in [2.05, 4.69) is 5.32 Å². The monoisotopic (exact) mass is 380 g/mol. The Morgan fingerprint density at radius 3 is 2.42 bits per heavy atom. The third kappa shape index (κ3) is 7.74. The van der Waals surface area contributed by atoms with Crippen molar-refractivity contribution in [3.63, 3.8) is 0 Å². The molecule has 0 atom stereocenters. The lowest BCUT2D eigenvalue weighted by Crippen LogP contribution is -2.14. The number of methoxy groups -OCH3 is 1. The fourth-order valence-corrected chi connectivity index (χ4v) is 2.19. The number of anilines is 1. The first-order valence-electron chi connectivity index (χ1n) is 8.14. The minimum atomic E-state index is -0.0929. The van der Waals surface area contributed by atoms with E-state index < -0.39 is 0 Å². The van der Waals surface area contributed by atoms with Gasteiger partial charge in [-0.15, -0.1) is 12.4 Å². The lowest BCUT2D eigenvalue weighted by atomic mass is 10.1. The van der Waals surface area contributed by atoms with E-state index in [4.69, 9.17) is 19.9 Å². The molecular formula is C19H25ClN2O4. The molecule has 0 aromatic heterocycles. The third-order valence-corrected chi connectivity index (χ3v) is 3.34. The van der Waals surface area contributed by atoms with Crippen molar-refractivity contribution >= 4 is 24.0 Å². The summed E-state index contributed by atoms with van der Waals surface area (Å²) in [5, 5.41) is 2.87. The normalized spacial score (nSPS) is 9.92. The summed E-state index contributed by atoms with van der Waals surface area (Å²) in [7, 11) is 1.63. The van der Waals surface area contributed by atoms with Crippen molar-refractivity contribution in [2.75, 3.05) is 38.8 Å². The van der Waals surface area contributed by atoms with Crippen LogP contribution in [0.25, 0.3) is 0 Å². The zero-order chi connectivity index (χ0) is 17.9. The number of benzene rings is 2. The number of rotatable bonds is 10. The highest BCUT2D eigenvalue weighted by Crippen LogP contribution is 2.17. The first kappa shape index (κ1) is 21.8. The van der Waals surface area contributed by atoms with E-state index >= 15 is 0 Å². The Kier molecular flexibility index (Phi) is 10.2. The zero-order valence-corrected chi connectivity index (χ0v) is 15.6. The summed E-state index contributed by atoms with van der Waals surface area (Å²) in [5.74, 6) is 1.36. The first-order chi connectivity index (χ1) is 12.2. The molecule has 26 heavy (non-hydrogen) atoms. The quantitative estimate of drug-likeness (QED) is 0.619. The molecular weight excluding hydrogens is 356 g/mol. The van der Waals surface area contributed by atoms with Gasteiger partial charge in [-0.05, 0) is 42.0 Å². The van der Waals surface area contributed by atoms with Gasteiger partial charge in [0, 0.05) is 19.3 Å². The molecule has 0 aliphatic heterocycles. The van der Waals surface area contributed by atoms with Gasteiger partial charge in [0.15, 0.2) is 0 Å². The van der Waals surface area contributed by atoms with E-state index in [9.17, 15) is 4.79 Å². The van der Waals surface area contributed by atoms with E-state index in [0.717, 1.165) is 22.7 Å². The fourth-order valence-electron chi connectivity index (χ4n) is 2.19. The Labute approximate surface area is 160 Å². The van der Waals surface area contributed by atoms with E-state index in [0.29, 0.717) is 26.4 Å². The number of nitrogens with two attached hydrogens (primary N) is 1. The molecule has 1 amide bonds. The Hall–Kier alpha value is -2.28. The Morgan fingerprint density at radius 2 is 1.73 bits per heavy atom. The van der Waals surface area contributed by atoms with Crippen molar-refractivity contribution < 1.29 is 19.0 Å². The molecule has 0 bridgehead atoms. The number of hydrogen-bond donors (Lipinski definition) is 2. The number of ether oxygens (including phenoxy) is 3. The number of hydrogen-bond acceptors (Lipinski definition) is 5. The van der Waals surface area contributed by atoms with Gasteiger partial charge in [-0.25, -0.2) is 0 Å². The first-order valence-corrected chi connectivity index (χ1v) is 8.14. The summed E-state index contributed by atoms with van der Waals surface area (Å²) in [6.07, 6.45) is 0.271. The van der Waals surface area contributed by atoms with Crippen molar-refractivity contribution in [1.29, 1.82) is 0 Å². The Morgan fingerprint density at radius 1 is 1.00 bits per heavy atom. The summed E-state index contributed by atoms with van der Waals surface area (Å²) in [6.45, 7) is 1.93. The van der Waals surface area contributed by atoms with Gasteiger partial charge < -0.3 is 25.3 Å². The van der Waals surface area contributed by atoms with Crippen molar-refractivity contribution in [1.82, 2.24) is 0 Å². The highest BCUT2D eigenvalue weighted by atomic mass is 35.5. The molecule has 3 N–H and O–H groups in total. The maximum absolute atomic E-state index is 12.2. The predicted octanol–water partition coefficient (Wildman–Crippen LogP) is 2.65.